The van der Waals surface area contributed by atoms with Crippen molar-refractivity contribution >= 4 is 15.9 Å². The third-order valence-electron chi connectivity index (χ3n) is 4.68. The van der Waals surface area contributed by atoms with Crippen molar-refractivity contribution in [3.63, 3.8) is 0 Å². The van der Waals surface area contributed by atoms with Crippen molar-refractivity contribution in [2.45, 2.75) is 78.1 Å². The molecular weight excluding hydrogens is 334 g/mol. The van der Waals surface area contributed by atoms with E-state index in [0.717, 1.165) is 30.2 Å². The molecule has 0 saturated heterocycles. The highest BCUT2D eigenvalue weighted by atomic mass is 79.9. The molecule has 0 unspecified atom stereocenters. The molecule has 22 heavy (non-hydrogen) atoms. The Hall–Kier alpha value is -0.810. The first-order chi connectivity index (χ1) is 10.6. The van der Waals surface area contributed by atoms with Crippen molar-refractivity contribution in [2.75, 3.05) is 0 Å². The fraction of sp³-hybridized carbons (Fsp3) is 0.650. The smallest absolute Gasteiger partial charge is 0.0689 e. The number of nitrogens with zero attached hydrogens (tertiary/aromatic N) is 1. The molecule has 0 aromatic rings. The lowest BCUT2D eigenvalue weighted by atomic mass is 9.72. The largest absolute Gasteiger partial charge is 0.198 e. The highest BCUT2D eigenvalue weighted by Gasteiger charge is 2.30. The summed E-state index contributed by atoms with van der Waals surface area (Å²) in [5.41, 5.74) is 1.41. The Morgan fingerprint density at radius 2 is 1.91 bits per heavy atom. The van der Waals surface area contributed by atoms with E-state index in [-0.39, 0.29) is 5.41 Å². The SMILES string of the molecule is CC=C(/C=C\C=C(/C)Br)CCCCCC1(C#N)CCCCC1. The highest BCUT2D eigenvalue weighted by molar-refractivity contribution is 9.11. The van der Waals surface area contributed by atoms with Crippen LogP contribution in [0, 0.1) is 16.7 Å². The van der Waals surface area contributed by atoms with Crippen molar-refractivity contribution in [3.8, 4) is 6.07 Å². The Morgan fingerprint density at radius 3 is 2.50 bits per heavy atom. The van der Waals surface area contributed by atoms with E-state index in [4.69, 9.17) is 0 Å². The van der Waals surface area contributed by atoms with Gasteiger partial charge in [0.2, 0.25) is 0 Å². The predicted molar refractivity (Wildman–Crippen MR) is 99.8 cm³/mol. The minimum Gasteiger partial charge on any atom is -0.198 e. The molecule has 122 valence electrons. The number of hydrogen-bond donors (Lipinski definition) is 0. The first-order valence-corrected chi connectivity index (χ1v) is 9.48. The Kier molecular flexibility index (Phi) is 9.48. The van der Waals surface area contributed by atoms with Gasteiger partial charge in [-0.2, -0.15) is 5.26 Å². The number of unbranched alkanes of at least 4 members (excludes halogenated alkanes) is 2. The van der Waals surface area contributed by atoms with Gasteiger partial charge in [0.1, 0.15) is 0 Å². The molecule has 0 bridgehead atoms. The number of halogens is 1. The predicted octanol–water partition coefficient (Wildman–Crippen LogP) is 7.21. The molecule has 0 spiro atoms. The van der Waals surface area contributed by atoms with Crippen LogP contribution in [0.25, 0.3) is 0 Å². The summed E-state index contributed by atoms with van der Waals surface area (Å²) in [6, 6.07) is 2.63. The van der Waals surface area contributed by atoms with E-state index in [1.165, 1.54) is 44.1 Å². The molecule has 0 radical (unpaired) electrons. The zero-order valence-electron chi connectivity index (χ0n) is 14.2. The van der Waals surface area contributed by atoms with Crippen LogP contribution < -0.4 is 0 Å². The second-order valence-electron chi connectivity index (χ2n) is 6.49. The molecule has 0 atom stereocenters. The maximum Gasteiger partial charge on any atom is 0.0689 e. The standard InChI is InChI=1S/C20H30BrN/c1-3-19(13-10-11-18(2)21)12-6-4-7-14-20(17-22)15-8-5-9-16-20/h3,10-11,13H,4-9,12,14-16H2,1-2H3/b13-10-,18-11+,19-3?. The second-order valence-corrected chi connectivity index (χ2v) is 7.74. The third-order valence-corrected chi connectivity index (χ3v) is 4.94. The zero-order valence-corrected chi connectivity index (χ0v) is 15.8. The van der Waals surface area contributed by atoms with Crippen LogP contribution in [0.4, 0.5) is 0 Å². The van der Waals surface area contributed by atoms with Gasteiger partial charge in [0.25, 0.3) is 0 Å². The molecule has 0 aromatic heterocycles. The lowest BCUT2D eigenvalue weighted by Gasteiger charge is -2.30. The molecule has 0 amide bonds. The van der Waals surface area contributed by atoms with Gasteiger partial charge in [0.15, 0.2) is 0 Å². The summed E-state index contributed by atoms with van der Waals surface area (Å²) in [6.45, 7) is 4.15. The minimum absolute atomic E-state index is 0.0137. The number of nitriles is 1. The molecule has 1 aliphatic rings. The maximum absolute atomic E-state index is 9.49. The molecule has 0 heterocycles. The summed E-state index contributed by atoms with van der Waals surface area (Å²) in [4.78, 5) is 0. The fourth-order valence-electron chi connectivity index (χ4n) is 3.24. The van der Waals surface area contributed by atoms with Crippen molar-refractivity contribution in [1.82, 2.24) is 0 Å². The van der Waals surface area contributed by atoms with E-state index in [2.05, 4.69) is 53.2 Å². The summed E-state index contributed by atoms with van der Waals surface area (Å²) >= 11 is 3.43. The van der Waals surface area contributed by atoms with E-state index in [9.17, 15) is 5.26 Å². The minimum atomic E-state index is 0.0137. The van der Waals surface area contributed by atoms with Crippen molar-refractivity contribution in [2.24, 2.45) is 5.41 Å². The van der Waals surface area contributed by atoms with Crippen LogP contribution in [-0.2, 0) is 0 Å². The van der Waals surface area contributed by atoms with Gasteiger partial charge in [-0.25, -0.2) is 0 Å². The summed E-state index contributed by atoms with van der Waals surface area (Å²) < 4.78 is 1.15. The Morgan fingerprint density at radius 1 is 1.18 bits per heavy atom. The van der Waals surface area contributed by atoms with Gasteiger partial charge in [-0.1, -0.05) is 77.9 Å². The molecular formula is C20H30BrN. The number of rotatable bonds is 8. The Bertz CT molecular complexity index is 441. The van der Waals surface area contributed by atoms with Gasteiger partial charge < -0.3 is 0 Å². The average molecular weight is 364 g/mol. The lowest BCUT2D eigenvalue weighted by Crippen LogP contribution is -2.21. The Labute approximate surface area is 145 Å². The van der Waals surface area contributed by atoms with Crippen LogP contribution in [0.15, 0.2) is 34.4 Å². The quantitative estimate of drug-likeness (QED) is 0.330. The molecule has 0 N–H and O–H groups in total. The molecule has 0 aliphatic heterocycles. The van der Waals surface area contributed by atoms with Crippen LogP contribution in [0.1, 0.15) is 78.1 Å². The summed E-state index contributed by atoms with van der Waals surface area (Å²) in [5.74, 6) is 0. The first kappa shape index (κ1) is 19.2. The molecule has 1 aliphatic carbocycles. The van der Waals surface area contributed by atoms with Crippen LogP contribution in [0.2, 0.25) is 0 Å². The van der Waals surface area contributed by atoms with Gasteiger partial charge in [-0.3, -0.25) is 0 Å². The summed E-state index contributed by atoms with van der Waals surface area (Å²) in [7, 11) is 0. The number of hydrogen-bond acceptors (Lipinski definition) is 1. The molecule has 1 fully saturated rings. The topological polar surface area (TPSA) is 23.8 Å². The highest BCUT2D eigenvalue weighted by Crippen LogP contribution is 2.40. The fourth-order valence-corrected chi connectivity index (χ4v) is 3.40. The van der Waals surface area contributed by atoms with Gasteiger partial charge in [0, 0.05) is 0 Å². The third kappa shape index (κ3) is 7.45. The summed E-state index contributed by atoms with van der Waals surface area (Å²) in [6.07, 6.45) is 20.6. The molecule has 0 aromatic carbocycles. The average Bonchev–Trinajstić information content (AvgIpc) is 2.53. The summed E-state index contributed by atoms with van der Waals surface area (Å²) in [5, 5.41) is 9.49. The van der Waals surface area contributed by atoms with E-state index in [1.807, 2.05) is 6.92 Å². The number of allylic oxidation sites excluding steroid dienone is 6. The molecule has 2 heteroatoms. The maximum atomic E-state index is 9.49. The van der Waals surface area contributed by atoms with Gasteiger partial charge in [-0.15, -0.1) is 0 Å². The van der Waals surface area contributed by atoms with E-state index >= 15 is 0 Å². The van der Waals surface area contributed by atoms with Crippen LogP contribution in [-0.4, -0.2) is 0 Å². The van der Waals surface area contributed by atoms with E-state index in [1.54, 1.807) is 0 Å². The second kappa shape index (κ2) is 10.8. The van der Waals surface area contributed by atoms with Crippen LogP contribution in [0.3, 0.4) is 0 Å². The normalized spacial score (nSPS) is 19.4. The van der Waals surface area contributed by atoms with Gasteiger partial charge in [-0.05, 0) is 50.4 Å². The van der Waals surface area contributed by atoms with Crippen LogP contribution >= 0.6 is 15.9 Å². The van der Waals surface area contributed by atoms with E-state index < -0.39 is 0 Å². The molecule has 1 nitrogen and oxygen atoms in total. The van der Waals surface area contributed by atoms with Gasteiger partial charge >= 0.3 is 0 Å². The van der Waals surface area contributed by atoms with Crippen LogP contribution in [0.5, 0.6) is 0 Å². The zero-order chi connectivity index (χ0) is 16.3. The monoisotopic (exact) mass is 363 g/mol. The van der Waals surface area contributed by atoms with E-state index in [0.29, 0.717) is 0 Å². The molecule has 1 saturated carbocycles. The molecule has 1 rings (SSSR count). The van der Waals surface area contributed by atoms with Gasteiger partial charge in [0.05, 0.1) is 11.5 Å². The first-order valence-electron chi connectivity index (χ1n) is 8.69. The van der Waals surface area contributed by atoms with Crippen molar-refractivity contribution in [1.29, 1.82) is 5.26 Å². The lowest BCUT2D eigenvalue weighted by molar-refractivity contribution is 0.241. The van der Waals surface area contributed by atoms with Crippen molar-refractivity contribution in [3.05, 3.63) is 34.4 Å². The van der Waals surface area contributed by atoms with Crippen molar-refractivity contribution < 1.29 is 0 Å². The Balaban J connectivity index is 2.25.